The molecule has 4 N–H and O–H groups in total. The number of hydrogen-bond acceptors (Lipinski definition) is 8. The Balaban J connectivity index is 1.69. The van der Waals surface area contributed by atoms with Gasteiger partial charge in [0.15, 0.2) is 23.2 Å². The molecule has 4 atom stereocenters. The fourth-order valence-electron chi connectivity index (χ4n) is 2.87. The SMILES string of the molecule is OC[C@H]1O[C@@H](n2cnc3c(NCC4CC4)nc(Cl)nc32)[C@@H](O)[C@H]1O. The van der Waals surface area contributed by atoms with Crippen LogP contribution in [0.5, 0.6) is 0 Å². The second kappa shape index (κ2) is 6.08. The van der Waals surface area contributed by atoms with Gasteiger partial charge in [-0.2, -0.15) is 9.97 Å². The Kier molecular flexibility index (Phi) is 4.05. The van der Waals surface area contributed by atoms with Crippen LogP contribution in [0.2, 0.25) is 5.28 Å². The molecule has 0 unspecified atom stereocenters. The highest BCUT2D eigenvalue weighted by Gasteiger charge is 2.44. The zero-order chi connectivity index (χ0) is 16.8. The maximum Gasteiger partial charge on any atom is 0.226 e. The number of fused-ring (bicyclic) bond motifs is 1. The summed E-state index contributed by atoms with van der Waals surface area (Å²) in [6, 6.07) is 0. The van der Waals surface area contributed by atoms with E-state index < -0.39 is 31.1 Å². The summed E-state index contributed by atoms with van der Waals surface area (Å²) in [6.45, 7) is 0.397. The van der Waals surface area contributed by atoms with Gasteiger partial charge in [-0.25, -0.2) is 4.98 Å². The smallest absolute Gasteiger partial charge is 0.226 e. The zero-order valence-corrected chi connectivity index (χ0v) is 13.5. The van der Waals surface area contributed by atoms with Gasteiger partial charge in [-0.1, -0.05) is 0 Å². The molecule has 4 rings (SSSR count). The standard InChI is InChI=1S/C14H18ClN5O4/c15-14-18-11(16-3-6-1-2-6)8-12(19-14)20(5-17-8)13-10(23)9(22)7(4-21)24-13/h5-7,9-10,13,21-23H,1-4H2,(H,16,18,19)/t7-,9+,10+,13-/m1/s1. The second-order valence-electron chi connectivity index (χ2n) is 6.22. The summed E-state index contributed by atoms with van der Waals surface area (Å²) in [5.41, 5.74) is 0.904. The van der Waals surface area contributed by atoms with Crippen LogP contribution in [0, 0.1) is 5.92 Å². The van der Waals surface area contributed by atoms with E-state index in [1.807, 2.05) is 0 Å². The lowest BCUT2D eigenvalue weighted by Crippen LogP contribution is -2.33. The first-order chi connectivity index (χ1) is 11.6. The van der Waals surface area contributed by atoms with Crippen molar-refractivity contribution in [2.24, 2.45) is 5.92 Å². The third kappa shape index (κ3) is 2.72. The molecule has 2 aromatic rings. The molecule has 0 aromatic carbocycles. The molecule has 0 amide bonds. The van der Waals surface area contributed by atoms with E-state index in [4.69, 9.17) is 16.3 Å². The Morgan fingerprint density at radius 1 is 1.29 bits per heavy atom. The Labute approximate surface area is 142 Å². The number of hydrogen-bond donors (Lipinski definition) is 4. The monoisotopic (exact) mass is 355 g/mol. The van der Waals surface area contributed by atoms with Gasteiger partial charge in [0.05, 0.1) is 12.9 Å². The Hall–Kier alpha value is -1.52. The first-order valence-electron chi connectivity index (χ1n) is 7.85. The number of nitrogens with one attached hydrogen (secondary N) is 1. The van der Waals surface area contributed by atoms with Crippen molar-refractivity contribution in [3.8, 4) is 0 Å². The van der Waals surface area contributed by atoms with Crippen molar-refractivity contribution in [2.45, 2.75) is 37.4 Å². The number of imidazole rings is 1. The van der Waals surface area contributed by atoms with Crippen molar-refractivity contribution >= 4 is 28.6 Å². The average Bonchev–Trinajstić information content (AvgIpc) is 3.24. The van der Waals surface area contributed by atoms with Crippen molar-refractivity contribution < 1.29 is 20.1 Å². The number of rotatable bonds is 5. The minimum Gasteiger partial charge on any atom is -0.394 e. The summed E-state index contributed by atoms with van der Waals surface area (Å²) >= 11 is 6.02. The molecule has 9 nitrogen and oxygen atoms in total. The number of ether oxygens (including phenoxy) is 1. The number of halogens is 1. The van der Waals surface area contributed by atoms with Crippen LogP contribution in [0.15, 0.2) is 6.33 Å². The minimum absolute atomic E-state index is 0.0503. The fraction of sp³-hybridized carbons (Fsp3) is 0.643. The van der Waals surface area contributed by atoms with Crippen LogP contribution < -0.4 is 5.32 Å². The number of aromatic nitrogens is 4. The number of anilines is 1. The van der Waals surface area contributed by atoms with Crippen LogP contribution in [0.25, 0.3) is 11.2 Å². The van der Waals surface area contributed by atoms with Gasteiger partial charge < -0.3 is 25.4 Å². The Bertz CT molecular complexity index is 752. The third-order valence-corrected chi connectivity index (χ3v) is 4.61. The molecular formula is C14H18ClN5O4. The summed E-state index contributed by atoms with van der Waals surface area (Å²) < 4.78 is 7.02. The lowest BCUT2D eigenvalue weighted by atomic mass is 10.1. The first kappa shape index (κ1) is 16.0. The summed E-state index contributed by atoms with van der Waals surface area (Å²) in [5, 5.41) is 32.6. The van der Waals surface area contributed by atoms with E-state index in [9.17, 15) is 15.3 Å². The number of aliphatic hydroxyl groups excluding tert-OH is 3. The van der Waals surface area contributed by atoms with E-state index in [-0.39, 0.29) is 5.28 Å². The molecular weight excluding hydrogens is 338 g/mol. The molecule has 1 aliphatic carbocycles. The minimum atomic E-state index is -1.21. The van der Waals surface area contributed by atoms with Gasteiger partial charge >= 0.3 is 0 Å². The molecule has 0 radical (unpaired) electrons. The van der Waals surface area contributed by atoms with E-state index in [0.29, 0.717) is 22.9 Å². The van der Waals surface area contributed by atoms with Crippen LogP contribution in [0.4, 0.5) is 5.82 Å². The summed E-state index contributed by atoms with van der Waals surface area (Å²) in [7, 11) is 0. The molecule has 1 aliphatic heterocycles. The van der Waals surface area contributed by atoms with E-state index in [0.717, 1.165) is 6.54 Å². The normalized spacial score (nSPS) is 30.2. The van der Waals surface area contributed by atoms with E-state index in [2.05, 4.69) is 20.3 Å². The van der Waals surface area contributed by atoms with Gasteiger partial charge in [0.25, 0.3) is 0 Å². The molecule has 3 heterocycles. The van der Waals surface area contributed by atoms with E-state index in [1.54, 1.807) is 0 Å². The molecule has 0 spiro atoms. The molecule has 1 saturated carbocycles. The van der Waals surface area contributed by atoms with Crippen molar-refractivity contribution in [3.05, 3.63) is 11.6 Å². The lowest BCUT2D eigenvalue weighted by Gasteiger charge is -2.16. The van der Waals surface area contributed by atoms with Gasteiger partial charge in [-0.3, -0.25) is 4.57 Å². The fourth-order valence-corrected chi connectivity index (χ4v) is 3.04. The van der Waals surface area contributed by atoms with Gasteiger partial charge in [-0.05, 0) is 30.4 Å². The van der Waals surface area contributed by atoms with Crippen molar-refractivity contribution in [3.63, 3.8) is 0 Å². The predicted octanol–water partition coefficient (Wildman–Crippen LogP) is -0.0869. The molecule has 1 saturated heterocycles. The van der Waals surface area contributed by atoms with Gasteiger partial charge in [0.1, 0.15) is 18.3 Å². The first-order valence-corrected chi connectivity index (χ1v) is 8.22. The van der Waals surface area contributed by atoms with Crippen LogP contribution in [0.1, 0.15) is 19.1 Å². The molecule has 130 valence electrons. The van der Waals surface area contributed by atoms with Crippen molar-refractivity contribution in [2.75, 3.05) is 18.5 Å². The topological polar surface area (TPSA) is 126 Å². The number of nitrogens with zero attached hydrogens (tertiary/aromatic N) is 4. The van der Waals surface area contributed by atoms with Gasteiger partial charge in [0.2, 0.25) is 5.28 Å². The van der Waals surface area contributed by atoms with Crippen molar-refractivity contribution in [1.82, 2.24) is 19.5 Å². The lowest BCUT2D eigenvalue weighted by molar-refractivity contribution is -0.0511. The molecule has 2 fully saturated rings. The highest BCUT2D eigenvalue weighted by atomic mass is 35.5. The van der Waals surface area contributed by atoms with Crippen LogP contribution in [0.3, 0.4) is 0 Å². The Morgan fingerprint density at radius 3 is 2.75 bits per heavy atom. The highest BCUT2D eigenvalue weighted by Crippen LogP contribution is 2.33. The maximum atomic E-state index is 10.2. The maximum absolute atomic E-state index is 10.2. The molecule has 10 heteroatoms. The molecule has 24 heavy (non-hydrogen) atoms. The quantitative estimate of drug-likeness (QED) is 0.548. The van der Waals surface area contributed by atoms with Crippen LogP contribution >= 0.6 is 11.6 Å². The van der Waals surface area contributed by atoms with Crippen LogP contribution in [-0.4, -0.2) is 66.3 Å². The van der Waals surface area contributed by atoms with Gasteiger partial charge in [0, 0.05) is 6.54 Å². The second-order valence-corrected chi connectivity index (χ2v) is 6.56. The third-order valence-electron chi connectivity index (χ3n) is 4.44. The largest absolute Gasteiger partial charge is 0.394 e. The highest BCUT2D eigenvalue weighted by molar-refractivity contribution is 6.28. The number of aliphatic hydroxyl groups is 3. The van der Waals surface area contributed by atoms with E-state index >= 15 is 0 Å². The van der Waals surface area contributed by atoms with Gasteiger partial charge in [-0.15, -0.1) is 0 Å². The van der Waals surface area contributed by atoms with Crippen molar-refractivity contribution in [1.29, 1.82) is 0 Å². The summed E-state index contributed by atoms with van der Waals surface area (Å²) in [5.74, 6) is 1.18. The average molecular weight is 356 g/mol. The summed E-state index contributed by atoms with van der Waals surface area (Å²) in [4.78, 5) is 12.6. The summed E-state index contributed by atoms with van der Waals surface area (Å²) in [6.07, 6.45) is -0.328. The predicted molar refractivity (Wildman–Crippen MR) is 84.6 cm³/mol. The van der Waals surface area contributed by atoms with E-state index in [1.165, 1.54) is 23.7 Å². The molecule has 2 aliphatic rings. The Morgan fingerprint density at radius 2 is 2.08 bits per heavy atom. The molecule has 2 aromatic heterocycles. The van der Waals surface area contributed by atoms with Crippen LogP contribution in [-0.2, 0) is 4.74 Å². The molecule has 0 bridgehead atoms. The zero-order valence-electron chi connectivity index (χ0n) is 12.7.